The summed E-state index contributed by atoms with van der Waals surface area (Å²) in [6.45, 7) is 1.62. The van der Waals surface area contributed by atoms with Gasteiger partial charge in [-0.25, -0.2) is 4.39 Å². The molecule has 0 saturated carbocycles. The number of benzene rings is 1. The molecule has 1 rings (SSSR count). The monoisotopic (exact) mass is 135 g/mol. The second-order valence-corrected chi connectivity index (χ2v) is 2.22. The average molecular weight is 135 g/mol. The molecule has 10 heavy (non-hydrogen) atoms. The highest BCUT2D eigenvalue weighted by Crippen LogP contribution is 2.10. The zero-order valence-electron chi connectivity index (χ0n) is 5.69. The first-order chi connectivity index (χ1) is 4.61. The summed E-state index contributed by atoms with van der Waals surface area (Å²) in [5.41, 5.74) is 6.62. The van der Waals surface area contributed by atoms with Crippen LogP contribution in [0.1, 0.15) is 5.56 Å². The van der Waals surface area contributed by atoms with E-state index in [0.29, 0.717) is 16.7 Å². The number of anilines is 1. The van der Waals surface area contributed by atoms with Gasteiger partial charge in [0.1, 0.15) is 13.7 Å². The maximum Gasteiger partial charge on any atom is 0.127 e. The van der Waals surface area contributed by atoms with E-state index in [9.17, 15) is 4.39 Å². The topological polar surface area (TPSA) is 26.0 Å². The fourth-order valence-electron chi connectivity index (χ4n) is 0.722. The molecule has 0 amide bonds. The molecule has 0 spiro atoms. The summed E-state index contributed by atoms with van der Waals surface area (Å²) >= 11 is 0. The molecule has 0 fully saturated rings. The highest BCUT2D eigenvalue weighted by atomic mass is 19.1. The second kappa shape index (κ2) is 2.33. The third-order valence-electron chi connectivity index (χ3n) is 1.41. The van der Waals surface area contributed by atoms with Gasteiger partial charge < -0.3 is 5.73 Å². The van der Waals surface area contributed by atoms with Crippen molar-refractivity contribution in [1.29, 1.82) is 0 Å². The van der Waals surface area contributed by atoms with Crippen molar-refractivity contribution in [1.82, 2.24) is 0 Å². The van der Waals surface area contributed by atoms with E-state index in [2.05, 4.69) is 0 Å². The van der Waals surface area contributed by atoms with Crippen molar-refractivity contribution >= 4 is 19.0 Å². The van der Waals surface area contributed by atoms with Gasteiger partial charge in [-0.15, -0.1) is 0 Å². The van der Waals surface area contributed by atoms with Gasteiger partial charge in [-0.3, -0.25) is 0 Å². The molecule has 50 valence electrons. The minimum absolute atomic E-state index is 0.350. The van der Waals surface area contributed by atoms with Crippen LogP contribution in [0, 0.1) is 12.7 Å². The summed E-state index contributed by atoms with van der Waals surface area (Å²) in [5.74, 6) is -0.350. The first-order valence-electron chi connectivity index (χ1n) is 2.92. The Kier molecular flexibility index (Phi) is 1.66. The molecule has 0 aromatic heterocycles. The van der Waals surface area contributed by atoms with Gasteiger partial charge in [0.15, 0.2) is 0 Å². The Labute approximate surface area is 60.5 Å². The summed E-state index contributed by atoms with van der Waals surface area (Å²) in [6, 6.07) is 2.80. The standard InChI is InChI=1S/C7H7BFN/c1-4-6(9)2-5(8)3-7(4)10/h2-3H,10H2,1H3. The van der Waals surface area contributed by atoms with Gasteiger partial charge >= 0.3 is 0 Å². The lowest BCUT2D eigenvalue weighted by molar-refractivity contribution is 0.620. The van der Waals surface area contributed by atoms with Crippen LogP contribution in [0.2, 0.25) is 0 Å². The largest absolute Gasteiger partial charge is 0.398 e. The van der Waals surface area contributed by atoms with Crippen LogP contribution in [0.15, 0.2) is 12.1 Å². The molecule has 0 aliphatic carbocycles. The van der Waals surface area contributed by atoms with E-state index >= 15 is 0 Å². The van der Waals surface area contributed by atoms with Gasteiger partial charge in [0.2, 0.25) is 0 Å². The van der Waals surface area contributed by atoms with Crippen LogP contribution in [-0.4, -0.2) is 7.85 Å². The van der Waals surface area contributed by atoms with Gasteiger partial charge in [-0.1, -0.05) is 5.46 Å². The molecule has 0 atom stereocenters. The van der Waals surface area contributed by atoms with Crippen molar-refractivity contribution in [3.8, 4) is 0 Å². The van der Waals surface area contributed by atoms with Crippen molar-refractivity contribution in [3.05, 3.63) is 23.5 Å². The number of nitrogen functional groups attached to an aromatic ring is 1. The third-order valence-corrected chi connectivity index (χ3v) is 1.41. The number of halogens is 1. The third kappa shape index (κ3) is 1.13. The minimum atomic E-state index is -0.350. The average Bonchev–Trinajstić information content (AvgIpc) is 1.82. The second-order valence-electron chi connectivity index (χ2n) is 2.22. The number of hydrogen-bond donors (Lipinski definition) is 1. The Balaban J connectivity index is 3.31. The Morgan fingerprint density at radius 1 is 1.50 bits per heavy atom. The smallest absolute Gasteiger partial charge is 0.127 e. The Hall–Kier alpha value is -0.985. The van der Waals surface area contributed by atoms with Crippen LogP contribution >= 0.6 is 0 Å². The zero-order chi connectivity index (χ0) is 7.72. The summed E-state index contributed by atoms with van der Waals surface area (Å²) < 4.78 is 12.7. The summed E-state index contributed by atoms with van der Waals surface area (Å²) in [7, 11) is 5.31. The van der Waals surface area contributed by atoms with Crippen LogP contribution < -0.4 is 11.2 Å². The molecule has 0 aliphatic heterocycles. The van der Waals surface area contributed by atoms with Crippen LogP contribution in [-0.2, 0) is 0 Å². The van der Waals surface area contributed by atoms with E-state index < -0.39 is 0 Å². The maximum absolute atomic E-state index is 12.7. The lowest BCUT2D eigenvalue weighted by Gasteiger charge is -2.01. The number of hydrogen-bond acceptors (Lipinski definition) is 1. The quantitative estimate of drug-likeness (QED) is 0.407. The first-order valence-corrected chi connectivity index (χ1v) is 2.92. The lowest BCUT2D eigenvalue weighted by atomic mass is 9.94. The molecule has 0 saturated heterocycles. The van der Waals surface area contributed by atoms with Gasteiger partial charge in [0.05, 0.1) is 0 Å². The van der Waals surface area contributed by atoms with E-state index in [4.69, 9.17) is 13.6 Å². The first kappa shape index (κ1) is 7.13. The van der Waals surface area contributed by atoms with Crippen LogP contribution in [0.25, 0.3) is 0 Å². The van der Waals surface area contributed by atoms with Crippen molar-refractivity contribution in [2.75, 3.05) is 5.73 Å². The van der Waals surface area contributed by atoms with Gasteiger partial charge in [-0.2, -0.15) is 0 Å². The minimum Gasteiger partial charge on any atom is -0.398 e. The van der Waals surface area contributed by atoms with Crippen molar-refractivity contribution in [2.45, 2.75) is 6.92 Å². The molecule has 2 N–H and O–H groups in total. The lowest BCUT2D eigenvalue weighted by Crippen LogP contribution is -2.06. The summed E-state index contributed by atoms with van der Waals surface area (Å²) in [4.78, 5) is 0. The zero-order valence-corrected chi connectivity index (χ0v) is 5.69. The molecule has 0 heterocycles. The Morgan fingerprint density at radius 3 is 2.60 bits per heavy atom. The molecule has 1 nitrogen and oxygen atoms in total. The molecule has 0 bridgehead atoms. The van der Waals surface area contributed by atoms with E-state index in [1.807, 2.05) is 0 Å². The van der Waals surface area contributed by atoms with Crippen LogP contribution in [0.5, 0.6) is 0 Å². The highest BCUT2D eigenvalue weighted by Gasteiger charge is 2.00. The fourth-order valence-corrected chi connectivity index (χ4v) is 0.722. The van der Waals surface area contributed by atoms with Gasteiger partial charge in [0, 0.05) is 11.3 Å². The molecule has 1 aromatic rings. The predicted molar refractivity (Wildman–Crippen MR) is 40.9 cm³/mol. The SMILES string of the molecule is [B]c1cc(N)c(C)c(F)c1. The van der Waals surface area contributed by atoms with Gasteiger partial charge in [-0.05, 0) is 19.1 Å². The summed E-state index contributed by atoms with van der Waals surface area (Å²) in [5, 5.41) is 0. The van der Waals surface area contributed by atoms with Crippen molar-refractivity contribution in [3.63, 3.8) is 0 Å². The molecule has 0 aliphatic rings. The maximum atomic E-state index is 12.7. The molecule has 0 unspecified atom stereocenters. The molecule has 3 heteroatoms. The van der Waals surface area contributed by atoms with E-state index in [1.165, 1.54) is 6.07 Å². The predicted octanol–water partition coefficient (Wildman–Crippen LogP) is 0.510. The van der Waals surface area contributed by atoms with Gasteiger partial charge in [0.25, 0.3) is 0 Å². The highest BCUT2D eigenvalue weighted by molar-refractivity contribution is 6.32. The number of nitrogens with two attached hydrogens (primary N) is 1. The number of rotatable bonds is 0. The summed E-state index contributed by atoms with van der Waals surface area (Å²) in [6.07, 6.45) is 0. The molecular formula is C7H7BFN. The van der Waals surface area contributed by atoms with Crippen LogP contribution in [0.4, 0.5) is 10.1 Å². The van der Waals surface area contributed by atoms with Crippen molar-refractivity contribution in [2.24, 2.45) is 0 Å². The molecule has 2 radical (unpaired) electrons. The fraction of sp³-hybridized carbons (Fsp3) is 0.143. The van der Waals surface area contributed by atoms with Crippen molar-refractivity contribution < 1.29 is 4.39 Å². The molecular weight excluding hydrogens is 128 g/mol. The normalized spacial score (nSPS) is 9.80. The molecule has 1 aromatic carbocycles. The Morgan fingerprint density at radius 2 is 2.10 bits per heavy atom. The Bertz CT molecular complexity index is 237. The van der Waals surface area contributed by atoms with E-state index in [1.54, 1.807) is 13.0 Å². The van der Waals surface area contributed by atoms with E-state index in [0.717, 1.165) is 0 Å². The van der Waals surface area contributed by atoms with Crippen LogP contribution in [0.3, 0.4) is 0 Å². The van der Waals surface area contributed by atoms with E-state index in [-0.39, 0.29) is 5.82 Å².